The predicted octanol–water partition coefficient (Wildman–Crippen LogP) is 4.55. The normalized spacial score (nSPS) is 23.1. The molecule has 1 aliphatic rings. The number of alkyl halides is 2. The summed E-state index contributed by atoms with van der Waals surface area (Å²) in [6.07, 6.45) is 1.52. The molecule has 1 fully saturated rings. The van der Waals surface area contributed by atoms with Crippen molar-refractivity contribution < 1.29 is 22.6 Å². The first kappa shape index (κ1) is 21.3. The molecular formula is C20H22F3N3O2S. The molecule has 1 aromatic carbocycles. The minimum absolute atomic E-state index is 0.0786. The molecule has 2 heterocycles. The smallest absolute Gasteiger partial charge is 0.302 e. The molecule has 3 rings (SSSR count). The predicted molar refractivity (Wildman–Crippen MR) is 109 cm³/mol. The summed E-state index contributed by atoms with van der Waals surface area (Å²) in [5.74, 6) is -3.83. The van der Waals surface area contributed by atoms with Gasteiger partial charge in [-0.2, -0.15) is 0 Å². The Labute approximate surface area is 172 Å². The van der Waals surface area contributed by atoms with Crippen LogP contribution in [0.2, 0.25) is 0 Å². The van der Waals surface area contributed by atoms with E-state index in [0.717, 1.165) is 6.07 Å². The van der Waals surface area contributed by atoms with Gasteiger partial charge in [-0.15, -0.1) is 0 Å². The van der Waals surface area contributed by atoms with Gasteiger partial charge in [0, 0.05) is 17.3 Å². The summed E-state index contributed by atoms with van der Waals surface area (Å²) in [6, 6.07) is 7.29. The van der Waals surface area contributed by atoms with Gasteiger partial charge < -0.3 is 20.1 Å². The summed E-state index contributed by atoms with van der Waals surface area (Å²) < 4.78 is 56.1. The van der Waals surface area contributed by atoms with Crippen LogP contribution in [0.5, 0.6) is 5.88 Å². The van der Waals surface area contributed by atoms with Crippen molar-refractivity contribution >= 4 is 28.6 Å². The number of anilines is 2. The highest BCUT2D eigenvalue weighted by molar-refractivity contribution is 7.80. The van der Waals surface area contributed by atoms with Crippen LogP contribution in [0.25, 0.3) is 0 Å². The number of rotatable bonds is 4. The standard InChI is InChI=1S/C20H22F3N3O2S/c1-18(2)20(22,23)19(3,26-17(29)11-28-18)14-9-12(5-7-15(14)21)25-13-6-8-16(27-4)24-10-13/h5-10,25H,11H2,1-4H3,(H,26,29)/t19-/m1/s1. The van der Waals surface area contributed by atoms with E-state index in [1.807, 2.05) is 0 Å². The fourth-order valence-corrected chi connectivity index (χ4v) is 3.56. The van der Waals surface area contributed by atoms with Crippen molar-refractivity contribution in [3.05, 3.63) is 47.9 Å². The Morgan fingerprint density at radius 3 is 2.48 bits per heavy atom. The van der Waals surface area contributed by atoms with Crippen molar-refractivity contribution in [3.63, 3.8) is 0 Å². The second kappa shape index (κ2) is 7.46. The third-order valence-electron chi connectivity index (χ3n) is 5.08. The third-order valence-corrected chi connectivity index (χ3v) is 5.30. The van der Waals surface area contributed by atoms with Crippen LogP contribution in [0.15, 0.2) is 36.5 Å². The number of nitrogens with one attached hydrogen (secondary N) is 2. The van der Waals surface area contributed by atoms with Gasteiger partial charge in [0.05, 0.1) is 25.6 Å². The van der Waals surface area contributed by atoms with Crippen molar-refractivity contribution in [2.75, 3.05) is 19.0 Å². The van der Waals surface area contributed by atoms with E-state index < -0.39 is 22.9 Å². The zero-order valence-corrected chi connectivity index (χ0v) is 17.3. The Morgan fingerprint density at radius 1 is 1.17 bits per heavy atom. The van der Waals surface area contributed by atoms with Crippen LogP contribution < -0.4 is 15.4 Å². The molecule has 0 unspecified atom stereocenters. The minimum Gasteiger partial charge on any atom is -0.481 e. The molecule has 0 radical (unpaired) electrons. The van der Waals surface area contributed by atoms with Crippen molar-refractivity contribution in [1.82, 2.24) is 10.3 Å². The number of aromatic nitrogens is 1. The maximum atomic E-state index is 15.5. The summed E-state index contributed by atoms with van der Waals surface area (Å²) in [7, 11) is 1.50. The van der Waals surface area contributed by atoms with Gasteiger partial charge in [-0.25, -0.2) is 18.2 Å². The van der Waals surface area contributed by atoms with Gasteiger partial charge in [0.1, 0.15) is 21.9 Å². The molecule has 1 saturated heterocycles. The number of ether oxygens (including phenoxy) is 2. The lowest BCUT2D eigenvalue weighted by atomic mass is 9.77. The van der Waals surface area contributed by atoms with Gasteiger partial charge in [-0.05, 0) is 45.0 Å². The van der Waals surface area contributed by atoms with E-state index in [1.54, 1.807) is 12.1 Å². The molecular weight excluding hydrogens is 403 g/mol. The van der Waals surface area contributed by atoms with E-state index in [2.05, 4.69) is 15.6 Å². The second-order valence-electron chi connectivity index (χ2n) is 7.46. The van der Waals surface area contributed by atoms with Crippen LogP contribution in [-0.4, -0.2) is 35.2 Å². The van der Waals surface area contributed by atoms with Crippen molar-refractivity contribution in [1.29, 1.82) is 0 Å². The van der Waals surface area contributed by atoms with Crippen LogP contribution in [0.1, 0.15) is 26.3 Å². The van der Waals surface area contributed by atoms with Crippen molar-refractivity contribution in [2.24, 2.45) is 0 Å². The van der Waals surface area contributed by atoms with Gasteiger partial charge in [0.15, 0.2) is 0 Å². The van der Waals surface area contributed by atoms with Crippen LogP contribution >= 0.6 is 12.2 Å². The van der Waals surface area contributed by atoms with Crippen molar-refractivity contribution in [2.45, 2.75) is 37.8 Å². The van der Waals surface area contributed by atoms with E-state index in [-0.39, 0.29) is 17.2 Å². The number of methoxy groups -OCH3 is 1. The van der Waals surface area contributed by atoms with Crippen molar-refractivity contribution in [3.8, 4) is 5.88 Å². The molecule has 0 bridgehead atoms. The third kappa shape index (κ3) is 3.76. The van der Waals surface area contributed by atoms with Gasteiger partial charge in [0.25, 0.3) is 0 Å². The molecule has 29 heavy (non-hydrogen) atoms. The molecule has 2 N–H and O–H groups in total. The summed E-state index contributed by atoms with van der Waals surface area (Å²) in [4.78, 5) is 4.16. The number of halogens is 3. The maximum Gasteiger partial charge on any atom is 0.302 e. The topological polar surface area (TPSA) is 55.4 Å². The van der Waals surface area contributed by atoms with Gasteiger partial charge in [-0.1, -0.05) is 12.2 Å². The molecule has 1 atom stereocenters. The molecule has 1 aromatic heterocycles. The molecule has 5 nitrogen and oxygen atoms in total. The van der Waals surface area contributed by atoms with Gasteiger partial charge >= 0.3 is 5.92 Å². The van der Waals surface area contributed by atoms with E-state index >= 15 is 8.78 Å². The van der Waals surface area contributed by atoms with Gasteiger partial charge in [-0.3, -0.25) is 0 Å². The summed E-state index contributed by atoms with van der Waals surface area (Å²) in [5, 5.41) is 5.66. The molecule has 9 heteroatoms. The lowest BCUT2D eigenvalue weighted by Crippen LogP contribution is -2.62. The van der Waals surface area contributed by atoms with Crippen LogP contribution in [-0.2, 0) is 10.3 Å². The average molecular weight is 425 g/mol. The molecule has 2 aromatic rings. The van der Waals surface area contributed by atoms with Gasteiger partial charge in [0.2, 0.25) is 5.88 Å². The fraction of sp³-hybridized carbons (Fsp3) is 0.400. The lowest BCUT2D eigenvalue weighted by molar-refractivity contribution is -0.216. The SMILES string of the molecule is COc1ccc(Nc2ccc(F)c([C@@]3(C)NC(=S)COC(C)(C)C3(F)F)c2)cn1. The van der Waals surface area contributed by atoms with E-state index in [9.17, 15) is 4.39 Å². The largest absolute Gasteiger partial charge is 0.481 e. The zero-order chi connectivity index (χ0) is 21.4. The Kier molecular flexibility index (Phi) is 5.48. The summed E-state index contributed by atoms with van der Waals surface area (Å²) >= 11 is 5.12. The average Bonchev–Trinajstić information content (AvgIpc) is 2.73. The first-order valence-electron chi connectivity index (χ1n) is 8.90. The molecule has 156 valence electrons. The Bertz CT molecular complexity index is 922. The molecule has 0 saturated carbocycles. The summed E-state index contributed by atoms with van der Waals surface area (Å²) in [6.45, 7) is 3.59. The zero-order valence-electron chi connectivity index (χ0n) is 16.5. The Morgan fingerprint density at radius 2 is 1.86 bits per heavy atom. The number of nitrogens with zero attached hydrogens (tertiary/aromatic N) is 1. The first-order valence-corrected chi connectivity index (χ1v) is 9.31. The molecule has 1 aliphatic heterocycles. The highest BCUT2D eigenvalue weighted by atomic mass is 32.1. The van der Waals surface area contributed by atoms with Crippen LogP contribution in [0.3, 0.4) is 0 Å². The highest BCUT2D eigenvalue weighted by Gasteiger charge is 2.64. The fourth-order valence-electron chi connectivity index (χ4n) is 3.30. The number of hydrogen-bond donors (Lipinski definition) is 2. The first-order chi connectivity index (χ1) is 13.5. The quantitative estimate of drug-likeness (QED) is 0.701. The van der Waals surface area contributed by atoms with E-state index in [1.165, 1.54) is 46.2 Å². The molecule has 0 spiro atoms. The Balaban J connectivity index is 2.04. The second-order valence-corrected chi connectivity index (χ2v) is 7.95. The molecule has 0 aliphatic carbocycles. The minimum atomic E-state index is -3.48. The number of benzene rings is 1. The summed E-state index contributed by atoms with van der Waals surface area (Å²) in [5.41, 5.74) is -3.21. The van der Waals surface area contributed by atoms with Crippen LogP contribution in [0.4, 0.5) is 24.5 Å². The maximum absolute atomic E-state index is 15.5. The monoisotopic (exact) mass is 425 g/mol. The lowest BCUT2D eigenvalue weighted by Gasteiger charge is -2.44. The Hall–Kier alpha value is -2.39. The number of thiocarbonyl (C=S) groups is 1. The number of hydrogen-bond acceptors (Lipinski definition) is 5. The van der Waals surface area contributed by atoms with E-state index in [4.69, 9.17) is 21.7 Å². The van der Waals surface area contributed by atoms with Crippen LogP contribution in [0, 0.1) is 5.82 Å². The van der Waals surface area contributed by atoms with E-state index in [0.29, 0.717) is 17.3 Å². The number of pyridine rings is 1. The highest BCUT2D eigenvalue weighted by Crippen LogP contribution is 2.48. The molecule has 0 amide bonds.